The van der Waals surface area contributed by atoms with E-state index in [1.165, 1.54) is 0 Å². The van der Waals surface area contributed by atoms with E-state index >= 15 is 0 Å². The third-order valence-corrected chi connectivity index (χ3v) is 3.07. The number of benzene rings is 1. The Labute approximate surface area is 121 Å². The van der Waals surface area contributed by atoms with Crippen LogP contribution < -0.4 is 15.8 Å². The van der Waals surface area contributed by atoms with E-state index in [1.54, 1.807) is 6.20 Å². The van der Waals surface area contributed by atoms with Gasteiger partial charge < -0.3 is 15.8 Å². The van der Waals surface area contributed by atoms with Gasteiger partial charge >= 0.3 is 0 Å². The van der Waals surface area contributed by atoms with Gasteiger partial charge in [-0.25, -0.2) is 4.98 Å². The third-order valence-electron chi connectivity index (χ3n) is 3.07. The first-order chi connectivity index (χ1) is 10.3. The van der Waals surface area contributed by atoms with Crippen LogP contribution >= 0.6 is 0 Å². The van der Waals surface area contributed by atoms with Crippen LogP contribution in [0.4, 0.5) is 11.5 Å². The van der Waals surface area contributed by atoms with Crippen molar-refractivity contribution in [2.75, 3.05) is 24.2 Å². The minimum Gasteiger partial charge on any atom is -0.490 e. The molecule has 0 saturated heterocycles. The van der Waals surface area contributed by atoms with Crippen LogP contribution in [0.1, 0.15) is 5.82 Å². The Morgan fingerprint density at radius 1 is 1.29 bits per heavy atom. The van der Waals surface area contributed by atoms with Gasteiger partial charge in [0.05, 0.1) is 12.2 Å². The lowest BCUT2D eigenvalue weighted by Gasteiger charge is -2.10. The van der Waals surface area contributed by atoms with Crippen LogP contribution in [0.5, 0.6) is 5.75 Å². The molecule has 0 aliphatic heterocycles. The molecule has 1 aromatic carbocycles. The maximum atomic E-state index is 5.81. The van der Waals surface area contributed by atoms with Crippen molar-refractivity contribution in [1.29, 1.82) is 0 Å². The van der Waals surface area contributed by atoms with E-state index in [9.17, 15) is 0 Å². The molecule has 21 heavy (non-hydrogen) atoms. The zero-order valence-corrected chi connectivity index (χ0v) is 11.7. The lowest BCUT2D eigenvalue weighted by atomic mass is 10.3. The molecule has 3 rings (SSSR count). The van der Waals surface area contributed by atoms with Crippen molar-refractivity contribution >= 4 is 17.2 Å². The summed E-state index contributed by atoms with van der Waals surface area (Å²) >= 11 is 0. The topological polar surface area (TPSA) is 90.4 Å². The molecule has 3 aromatic rings. The smallest absolute Gasteiger partial charge is 0.203 e. The lowest BCUT2D eigenvalue weighted by Crippen LogP contribution is -2.13. The standard InChI is InChI=1S/C14H16N6O/c1-10-18-19-14-13(16-6-8-20(10)14)17-7-9-21-12-5-3-2-4-11(12)15/h2-6,8H,7,9,15H2,1H3,(H,16,17). The summed E-state index contributed by atoms with van der Waals surface area (Å²) < 4.78 is 7.50. The molecule has 0 aliphatic carbocycles. The molecule has 0 unspecified atom stereocenters. The first kappa shape index (κ1) is 13.2. The number of ether oxygens (including phenoxy) is 1. The second kappa shape index (κ2) is 5.66. The molecule has 108 valence electrons. The molecule has 2 aromatic heterocycles. The summed E-state index contributed by atoms with van der Waals surface area (Å²) in [6.45, 7) is 2.96. The SMILES string of the molecule is Cc1nnc2c(NCCOc3ccccc3N)nccn12. The number of fused-ring (bicyclic) bond motifs is 1. The van der Waals surface area contributed by atoms with Gasteiger partial charge in [-0.3, -0.25) is 4.40 Å². The first-order valence-corrected chi connectivity index (χ1v) is 6.63. The van der Waals surface area contributed by atoms with Gasteiger partial charge in [0.25, 0.3) is 0 Å². The van der Waals surface area contributed by atoms with Gasteiger partial charge in [-0.2, -0.15) is 0 Å². The number of hydrogen-bond donors (Lipinski definition) is 2. The Balaban J connectivity index is 1.61. The van der Waals surface area contributed by atoms with Crippen LogP contribution in [0.2, 0.25) is 0 Å². The number of para-hydroxylation sites is 2. The Hall–Kier alpha value is -2.83. The average molecular weight is 284 g/mol. The van der Waals surface area contributed by atoms with Gasteiger partial charge in [0.15, 0.2) is 5.82 Å². The highest BCUT2D eigenvalue weighted by molar-refractivity contribution is 5.61. The maximum Gasteiger partial charge on any atom is 0.203 e. The predicted molar refractivity (Wildman–Crippen MR) is 80.4 cm³/mol. The van der Waals surface area contributed by atoms with Gasteiger partial charge in [0, 0.05) is 12.4 Å². The number of nitrogen functional groups attached to an aromatic ring is 1. The Bertz CT molecular complexity index is 754. The van der Waals surface area contributed by atoms with Gasteiger partial charge in [-0.1, -0.05) is 12.1 Å². The molecule has 0 spiro atoms. The summed E-state index contributed by atoms with van der Waals surface area (Å²) in [7, 11) is 0. The van der Waals surface area contributed by atoms with Crippen LogP contribution in [0.3, 0.4) is 0 Å². The minimum absolute atomic E-state index is 0.476. The number of nitrogens with one attached hydrogen (secondary N) is 1. The summed E-state index contributed by atoms with van der Waals surface area (Å²) in [5.41, 5.74) is 7.15. The monoisotopic (exact) mass is 284 g/mol. The zero-order valence-electron chi connectivity index (χ0n) is 11.7. The molecule has 2 heterocycles. The van der Waals surface area contributed by atoms with Gasteiger partial charge in [0.2, 0.25) is 5.65 Å². The number of nitrogens with zero attached hydrogens (tertiary/aromatic N) is 4. The highest BCUT2D eigenvalue weighted by Gasteiger charge is 2.07. The average Bonchev–Trinajstić information content (AvgIpc) is 2.88. The highest BCUT2D eigenvalue weighted by Crippen LogP contribution is 2.19. The number of nitrogens with two attached hydrogens (primary N) is 1. The summed E-state index contributed by atoms with van der Waals surface area (Å²) in [5.74, 6) is 2.19. The number of anilines is 2. The van der Waals surface area contributed by atoms with Crippen molar-refractivity contribution in [2.24, 2.45) is 0 Å². The Morgan fingerprint density at radius 2 is 2.14 bits per heavy atom. The van der Waals surface area contributed by atoms with E-state index < -0.39 is 0 Å². The van der Waals surface area contributed by atoms with Gasteiger partial charge in [-0.15, -0.1) is 10.2 Å². The largest absolute Gasteiger partial charge is 0.490 e. The van der Waals surface area contributed by atoms with E-state index in [0.717, 1.165) is 5.82 Å². The Morgan fingerprint density at radius 3 is 3.00 bits per heavy atom. The minimum atomic E-state index is 0.476. The van der Waals surface area contributed by atoms with Gasteiger partial charge in [0.1, 0.15) is 18.2 Å². The van der Waals surface area contributed by atoms with Crippen LogP contribution in [0.25, 0.3) is 5.65 Å². The molecule has 0 saturated carbocycles. The molecule has 7 heteroatoms. The fourth-order valence-corrected chi connectivity index (χ4v) is 2.01. The number of aryl methyl sites for hydroxylation is 1. The number of hydrogen-bond acceptors (Lipinski definition) is 6. The molecule has 0 atom stereocenters. The lowest BCUT2D eigenvalue weighted by molar-refractivity contribution is 0.334. The van der Waals surface area contributed by atoms with Crippen molar-refractivity contribution in [3.63, 3.8) is 0 Å². The van der Waals surface area contributed by atoms with Crippen LogP contribution in [-0.2, 0) is 0 Å². The fraction of sp³-hybridized carbons (Fsp3) is 0.214. The fourth-order valence-electron chi connectivity index (χ4n) is 2.01. The summed E-state index contributed by atoms with van der Waals surface area (Å²) in [6.07, 6.45) is 3.54. The number of rotatable bonds is 5. The summed E-state index contributed by atoms with van der Waals surface area (Å²) in [4.78, 5) is 4.27. The maximum absolute atomic E-state index is 5.81. The molecule has 7 nitrogen and oxygen atoms in total. The normalized spacial score (nSPS) is 10.7. The molecule has 0 bridgehead atoms. The Kier molecular flexibility index (Phi) is 3.55. The van der Waals surface area contributed by atoms with Crippen molar-refractivity contribution in [3.8, 4) is 5.75 Å². The quantitative estimate of drug-likeness (QED) is 0.545. The second-order valence-corrected chi connectivity index (χ2v) is 4.53. The van der Waals surface area contributed by atoms with E-state index in [4.69, 9.17) is 10.5 Å². The van der Waals surface area contributed by atoms with E-state index in [0.29, 0.717) is 36.1 Å². The molecule has 0 radical (unpaired) electrons. The predicted octanol–water partition coefficient (Wildman–Crippen LogP) is 1.51. The van der Waals surface area contributed by atoms with Crippen molar-refractivity contribution in [3.05, 3.63) is 42.5 Å². The van der Waals surface area contributed by atoms with E-state index in [-0.39, 0.29) is 0 Å². The molecule has 0 fully saturated rings. The molecule has 0 amide bonds. The van der Waals surface area contributed by atoms with Crippen LogP contribution in [0, 0.1) is 6.92 Å². The third kappa shape index (κ3) is 2.71. The first-order valence-electron chi connectivity index (χ1n) is 6.63. The molecular formula is C14H16N6O. The highest BCUT2D eigenvalue weighted by atomic mass is 16.5. The molecule has 0 aliphatic rings. The summed E-state index contributed by atoms with van der Waals surface area (Å²) in [5, 5.41) is 11.3. The molecular weight excluding hydrogens is 268 g/mol. The van der Waals surface area contributed by atoms with Crippen LogP contribution in [0.15, 0.2) is 36.7 Å². The van der Waals surface area contributed by atoms with Crippen molar-refractivity contribution in [2.45, 2.75) is 6.92 Å². The summed E-state index contributed by atoms with van der Waals surface area (Å²) in [6, 6.07) is 7.42. The van der Waals surface area contributed by atoms with Crippen molar-refractivity contribution in [1.82, 2.24) is 19.6 Å². The zero-order chi connectivity index (χ0) is 14.7. The van der Waals surface area contributed by atoms with Crippen molar-refractivity contribution < 1.29 is 4.74 Å². The second-order valence-electron chi connectivity index (χ2n) is 4.53. The van der Waals surface area contributed by atoms with Crippen LogP contribution in [-0.4, -0.2) is 32.7 Å². The molecule has 3 N–H and O–H groups in total. The van der Waals surface area contributed by atoms with E-state index in [1.807, 2.05) is 41.8 Å². The van der Waals surface area contributed by atoms with E-state index in [2.05, 4.69) is 20.5 Å². The van der Waals surface area contributed by atoms with Gasteiger partial charge in [-0.05, 0) is 19.1 Å². The number of aromatic nitrogens is 4.